The summed E-state index contributed by atoms with van der Waals surface area (Å²) in [5.74, 6) is -1.43. The van der Waals surface area contributed by atoms with E-state index in [1.54, 1.807) is 17.5 Å². The van der Waals surface area contributed by atoms with Crippen LogP contribution in [-0.2, 0) is 16.0 Å². The van der Waals surface area contributed by atoms with Gasteiger partial charge in [0.1, 0.15) is 11.6 Å². The Hall–Kier alpha value is -2.41. The second-order valence-electron chi connectivity index (χ2n) is 4.11. The maximum Gasteiger partial charge on any atom is 0.322 e. The Labute approximate surface area is 119 Å². The van der Waals surface area contributed by atoms with Gasteiger partial charge in [0.05, 0.1) is 12.1 Å². The number of rotatable bonds is 5. The summed E-state index contributed by atoms with van der Waals surface area (Å²) in [6.07, 6.45) is 0.0682. The molecule has 0 atom stereocenters. The summed E-state index contributed by atoms with van der Waals surface area (Å²) in [5, 5.41) is 13.3. The first-order valence-electron chi connectivity index (χ1n) is 5.83. The molecule has 0 radical (unpaired) electrons. The molecule has 2 rings (SSSR count). The predicted molar refractivity (Wildman–Crippen MR) is 76.3 cm³/mol. The molecule has 20 heavy (non-hydrogen) atoms. The first kappa shape index (κ1) is 14.0. The summed E-state index contributed by atoms with van der Waals surface area (Å²) >= 11 is 1.43. The molecule has 0 aliphatic rings. The molecule has 6 nitrogen and oxygen atoms in total. The minimum atomic E-state index is -1.07. The summed E-state index contributed by atoms with van der Waals surface area (Å²) in [5.41, 5.74) is 7.84. The minimum Gasteiger partial charge on any atom is -0.480 e. The highest BCUT2D eigenvalue weighted by molar-refractivity contribution is 7.13. The lowest BCUT2D eigenvalue weighted by molar-refractivity contribution is -0.137. The Morgan fingerprint density at radius 3 is 2.65 bits per heavy atom. The van der Waals surface area contributed by atoms with E-state index in [1.165, 1.54) is 11.3 Å². The highest BCUT2D eigenvalue weighted by Gasteiger charge is 2.09. The third-order valence-corrected chi connectivity index (χ3v) is 3.43. The highest BCUT2D eigenvalue weighted by Crippen LogP contribution is 2.24. The molecule has 1 amide bonds. The lowest BCUT2D eigenvalue weighted by Crippen LogP contribution is -2.30. The number of carbonyl (C=O) groups is 2. The Morgan fingerprint density at radius 1 is 1.30 bits per heavy atom. The Kier molecular flexibility index (Phi) is 4.31. The van der Waals surface area contributed by atoms with Crippen molar-refractivity contribution >= 4 is 28.9 Å². The topological polar surface area (TPSA) is 105 Å². The fraction of sp³-hybridized carbons (Fsp3) is 0.154. The number of carbonyl (C=O) groups excluding carboxylic acids is 1. The maximum absolute atomic E-state index is 11.5. The molecule has 0 fully saturated rings. The summed E-state index contributed by atoms with van der Waals surface area (Å²) in [6, 6.07) is 7.30. The van der Waals surface area contributed by atoms with E-state index < -0.39 is 5.97 Å². The van der Waals surface area contributed by atoms with E-state index >= 15 is 0 Å². The van der Waals surface area contributed by atoms with Crippen molar-refractivity contribution < 1.29 is 14.7 Å². The van der Waals surface area contributed by atoms with E-state index in [0.29, 0.717) is 11.4 Å². The van der Waals surface area contributed by atoms with Crippen LogP contribution in [0.4, 0.5) is 5.69 Å². The molecule has 0 aliphatic heterocycles. The van der Waals surface area contributed by atoms with Gasteiger partial charge in [-0.25, -0.2) is 4.98 Å². The molecule has 0 bridgehead atoms. The Morgan fingerprint density at radius 2 is 2.00 bits per heavy atom. The number of thiazole rings is 1. The monoisotopic (exact) mass is 291 g/mol. The largest absolute Gasteiger partial charge is 0.480 e. The second-order valence-corrected chi connectivity index (χ2v) is 4.97. The van der Waals surface area contributed by atoms with Crippen LogP contribution in [0.2, 0.25) is 0 Å². The van der Waals surface area contributed by atoms with Crippen LogP contribution < -0.4 is 11.1 Å². The van der Waals surface area contributed by atoms with Gasteiger partial charge in [0.15, 0.2) is 0 Å². The van der Waals surface area contributed by atoms with E-state index in [9.17, 15) is 9.59 Å². The minimum absolute atomic E-state index is 0.0682. The zero-order valence-electron chi connectivity index (χ0n) is 10.5. The molecule has 4 N–H and O–H groups in total. The number of anilines is 1. The first-order valence-corrected chi connectivity index (χ1v) is 6.71. The van der Waals surface area contributed by atoms with Crippen molar-refractivity contribution in [2.24, 2.45) is 0 Å². The van der Waals surface area contributed by atoms with Crippen molar-refractivity contribution in [2.45, 2.75) is 6.42 Å². The number of nitrogens with two attached hydrogens (primary N) is 1. The molecule has 0 saturated carbocycles. The van der Waals surface area contributed by atoms with Crippen LogP contribution in [0.3, 0.4) is 0 Å². The van der Waals surface area contributed by atoms with Gasteiger partial charge in [-0.2, -0.15) is 0 Å². The van der Waals surface area contributed by atoms with Crippen LogP contribution in [0.5, 0.6) is 0 Å². The molecule has 0 saturated heterocycles. The number of aliphatic carboxylic acids is 1. The molecule has 0 unspecified atom stereocenters. The van der Waals surface area contributed by atoms with Crippen LogP contribution >= 0.6 is 11.3 Å². The lowest BCUT2D eigenvalue weighted by atomic mass is 10.2. The summed E-state index contributed by atoms with van der Waals surface area (Å²) in [6.45, 7) is -0.381. The number of benzene rings is 1. The number of amides is 1. The van der Waals surface area contributed by atoms with E-state index in [0.717, 1.165) is 10.6 Å². The smallest absolute Gasteiger partial charge is 0.322 e. The molecule has 0 aliphatic carbocycles. The zero-order valence-corrected chi connectivity index (χ0v) is 11.3. The fourth-order valence-electron chi connectivity index (χ4n) is 1.55. The summed E-state index contributed by atoms with van der Waals surface area (Å²) < 4.78 is 0. The van der Waals surface area contributed by atoms with Gasteiger partial charge < -0.3 is 16.2 Å². The van der Waals surface area contributed by atoms with Gasteiger partial charge in [0.2, 0.25) is 5.91 Å². The van der Waals surface area contributed by atoms with E-state index in [-0.39, 0.29) is 18.9 Å². The van der Waals surface area contributed by atoms with Crippen LogP contribution in [0.15, 0.2) is 29.6 Å². The second kappa shape index (κ2) is 6.16. The number of nitrogens with zero attached hydrogens (tertiary/aromatic N) is 1. The summed E-state index contributed by atoms with van der Waals surface area (Å²) in [7, 11) is 0. The standard InChI is InChI=1S/C13H13N3O3S/c14-9-3-1-8(2-4-9)13-16-10(7-20-13)5-11(17)15-6-12(18)19/h1-4,7H,5-6,14H2,(H,15,17)(H,18,19). The van der Waals surface area contributed by atoms with E-state index in [2.05, 4.69) is 10.3 Å². The number of carboxylic acids is 1. The van der Waals surface area contributed by atoms with Crippen LogP contribution in [-0.4, -0.2) is 28.5 Å². The fourth-order valence-corrected chi connectivity index (χ4v) is 2.37. The average molecular weight is 291 g/mol. The van der Waals surface area contributed by atoms with Crippen molar-refractivity contribution in [3.63, 3.8) is 0 Å². The van der Waals surface area contributed by atoms with E-state index in [4.69, 9.17) is 10.8 Å². The molecule has 1 heterocycles. The third kappa shape index (κ3) is 3.79. The van der Waals surface area contributed by atoms with Gasteiger partial charge in [-0.15, -0.1) is 11.3 Å². The third-order valence-electron chi connectivity index (χ3n) is 2.49. The van der Waals surface area contributed by atoms with Gasteiger partial charge in [-0.3, -0.25) is 9.59 Å². The van der Waals surface area contributed by atoms with Gasteiger partial charge in [0, 0.05) is 16.6 Å². The Balaban J connectivity index is 2.00. The summed E-state index contributed by atoms with van der Waals surface area (Å²) in [4.78, 5) is 26.2. The molecular weight excluding hydrogens is 278 g/mol. The molecule has 1 aromatic heterocycles. The van der Waals surface area contributed by atoms with Crippen LogP contribution in [0, 0.1) is 0 Å². The maximum atomic E-state index is 11.5. The van der Waals surface area contributed by atoms with Gasteiger partial charge >= 0.3 is 5.97 Å². The normalized spacial score (nSPS) is 10.2. The number of hydrogen-bond donors (Lipinski definition) is 3. The van der Waals surface area contributed by atoms with Crippen molar-refractivity contribution in [2.75, 3.05) is 12.3 Å². The van der Waals surface area contributed by atoms with Crippen molar-refractivity contribution in [3.8, 4) is 10.6 Å². The SMILES string of the molecule is Nc1ccc(-c2nc(CC(=O)NCC(=O)O)cs2)cc1. The number of aromatic nitrogens is 1. The quantitative estimate of drug-likeness (QED) is 0.716. The Bertz CT molecular complexity index is 622. The average Bonchev–Trinajstić information content (AvgIpc) is 2.85. The molecule has 7 heteroatoms. The van der Waals surface area contributed by atoms with E-state index in [1.807, 2.05) is 12.1 Å². The van der Waals surface area contributed by atoms with Gasteiger partial charge in [0.25, 0.3) is 0 Å². The number of carboxylic acid groups (broad SMARTS) is 1. The van der Waals surface area contributed by atoms with Crippen LogP contribution in [0.1, 0.15) is 5.69 Å². The van der Waals surface area contributed by atoms with Crippen molar-refractivity contribution in [3.05, 3.63) is 35.3 Å². The molecular formula is C13H13N3O3S. The predicted octanol–water partition coefficient (Wildman–Crippen LogP) is 1.14. The van der Waals surface area contributed by atoms with Gasteiger partial charge in [-0.1, -0.05) is 0 Å². The number of nitrogen functional groups attached to an aromatic ring is 1. The van der Waals surface area contributed by atoms with Crippen LogP contribution in [0.25, 0.3) is 10.6 Å². The van der Waals surface area contributed by atoms with Crippen molar-refractivity contribution in [1.29, 1.82) is 0 Å². The molecule has 1 aromatic carbocycles. The molecule has 104 valence electrons. The van der Waals surface area contributed by atoms with Gasteiger partial charge in [-0.05, 0) is 24.3 Å². The lowest BCUT2D eigenvalue weighted by Gasteiger charge is -1.99. The highest BCUT2D eigenvalue weighted by atomic mass is 32.1. The first-order chi connectivity index (χ1) is 9.54. The molecule has 2 aromatic rings. The number of nitrogens with one attached hydrogen (secondary N) is 1. The zero-order chi connectivity index (χ0) is 14.5. The number of hydrogen-bond acceptors (Lipinski definition) is 5. The molecule has 0 spiro atoms. The van der Waals surface area contributed by atoms with Crippen molar-refractivity contribution in [1.82, 2.24) is 10.3 Å².